The van der Waals surface area contributed by atoms with Gasteiger partial charge in [0.25, 0.3) is 11.7 Å². The Hall–Kier alpha value is -1.40. The Kier molecular flexibility index (Phi) is 3.04. The van der Waals surface area contributed by atoms with E-state index in [1.54, 1.807) is 6.07 Å². The number of anilines is 2. The molecule has 0 spiro atoms. The largest absolute Gasteiger partial charge is 0.368 e. The van der Waals surface area contributed by atoms with E-state index in [0.29, 0.717) is 11.3 Å². The quantitative estimate of drug-likeness (QED) is 0.828. The maximum atomic E-state index is 11.7. The number of nitrogens with one attached hydrogen (secondary N) is 1. The van der Waals surface area contributed by atoms with Gasteiger partial charge in [-0.1, -0.05) is 0 Å². The van der Waals surface area contributed by atoms with Gasteiger partial charge in [0.05, 0.1) is 16.9 Å². The Morgan fingerprint density at radius 1 is 1.10 bits per heavy atom. The lowest BCUT2D eigenvalue weighted by atomic mass is 10.1. The highest BCUT2D eigenvalue weighted by Gasteiger charge is 2.33. The smallest absolute Gasteiger partial charge is 0.296 e. The Bertz CT molecular complexity index is 634. The number of Topliss-reactive ketones (excluding diaryl/α,β-unsaturated/α-hetero) is 1. The Labute approximate surface area is 131 Å². The maximum Gasteiger partial charge on any atom is 0.296 e. The lowest BCUT2D eigenvalue weighted by Crippen LogP contribution is -2.47. The Balaban J connectivity index is 1.57. The third kappa shape index (κ3) is 2.26. The fourth-order valence-electron chi connectivity index (χ4n) is 3.16. The van der Waals surface area contributed by atoms with E-state index in [9.17, 15) is 9.59 Å². The van der Waals surface area contributed by atoms with Crippen LogP contribution < -0.4 is 10.2 Å². The second-order valence-corrected chi connectivity index (χ2v) is 6.74. The van der Waals surface area contributed by atoms with Crippen molar-refractivity contribution >= 4 is 39.0 Å². The number of benzene rings is 1. The van der Waals surface area contributed by atoms with Crippen LogP contribution in [0.15, 0.2) is 16.6 Å². The fraction of sp³-hybridized carbons (Fsp3) is 0.467. The van der Waals surface area contributed by atoms with Crippen molar-refractivity contribution in [3.63, 3.8) is 0 Å². The molecule has 1 saturated carbocycles. The molecule has 6 heteroatoms. The van der Waals surface area contributed by atoms with Gasteiger partial charge in [-0.2, -0.15) is 0 Å². The van der Waals surface area contributed by atoms with Gasteiger partial charge in [0.2, 0.25) is 0 Å². The SMILES string of the molecule is O=C1Nc2cc(N3CCN(C4CC4)CC3)c(Br)cc2C1=O. The molecular weight excluding hydrogens is 334 g/mol. The van der Waals surface area contributed by atoms with E-state index < -0.39 is 11.7 Å². The van der Waals surface area contributed by atoms with Crippen LogP contribution in [0.2, 0.25) is 0 Å². The van der Waals surface area contributed by atoms with Crippen LogP contribution in [0.1, 0.15) is 23.2 Å². The number of fused-ring (bicyclic) bond motifs is 1. The number of rotatable bonds is 2. The van der Waals surface area contributed by atoms with Gasteiger partial charge >= 0.3 is 0 Å². The summed E-state index contributed by atoms with van der Waals surface area (Å²) in [6.07, 6.45) is 2.69. The van der Waals surface area contributed by atoms with E-state index in [-0.39, 0.29) is 0 Å². The summed E-state index contributed by atoms with van der Waals surface area (Å²) >= 11 is 3.54. The molecule has 0 unspecified atom stereocenters. The lowest BCUT2D eigenvalue weighted by Gasteiger charge is -2.36. The predicted octanol–water partition coefficient (Wildman–Crippen LogP) is 1.87. The van der Waals surface area contributed by atoms with E-state index in [4.69, 9.17) is 0 Å². The first-order valence-electron chi connectivity index (χ1n) is 7.32. The second kappa shape index (κ2) is 4.81. The van der Waals surface area contributed by atoms with Crippen LogP contribution >= 0.6 is 15.9 Å². The van der Waals surface area contributed by atoms with Crippen molar-refractivity contribution in [1.82, 2.24) is 4.90 Å². The minimum atomic E-state index is -0.535. The zero-order valence-electron chi connectivity index (χ0n) is 11.6. The van der Waals surface area contributed by atoms with Crippen molar-refractivity contribution in [2.75, 3.05) is 36.4 Å². The molecule has 0 atom stereocenters. The predicted molar refractivity (Wildman–Crippen MR) is 83.9 cm³/mol. The van der Waals surface area contributed by atoms with Crippen molar-refractivity contribution < 1.29 is 9.59 Å². The van der Waals surface area contributed by atoms with Gasteiger partial charge in [-0.05, 0) is 40.9 Å². The molecule has 2 heterocycles. The molecule has 1 aliphatic carbocycles. The normalized spacial score (nSPS) is 22.4. The number of amides is 1. The Morgan fingerprint density at radius 3 is 2.48 bits per heavy atom. The molecule has 5 nitrogen and oxygen atoms in total. The molecule has 4 rings (SSSR count). The van der Waals surface area contributed by atoms with Gasteiger partial charge in [0.1, 0.15) is 0 Å². The number of hydrogen-bond donors (Lipinski definition) is 1. The highest BCUT2D eigenvalue weighted by atomic mass is 79.9. The molecule has 0 aromatic heterocycles. The zero-order valence-corrected chi connectivity index (χ0v) is 13.1. The highest BCUT2D eigenvalue weighted by molar-refractivity contribution is 9.10. The average Bonchev–Trinajstić information content (AvgIpc) is 3.29. The first-order chi connectivity index (χ1) is 10.1. The number of carbonyl (C=O) groups is 2. The van der Waals surface area contributed by atoms with Crippen molar-refractivity contribution in [3.05, 3.63) is 22.2 Å². The molecular formula is C15H16BrN3O2. The minimum absolute atomic E-state index is 0.448. The number of piperazine rings is 1. The number of carbonyl (C=O) groups excluding carboxylic acids is 2. The number of nitrogens with zero attached hydrogens (tertiary/aromatic N) is 2. The molecule has 1 N–H and O–H groups in total. The van der Waals surface area contributed by atoms with E-state index in [0.717, 1.165) is 42.4 Å². The fourth-order valence-corrected chi connectivity index (χ4v) is 3.76. The molecule has 1 amide bonds. The second-order valence-electron chi connectivity index (χ2n) is 5.89. The van der Waals surface area contributed by atoms with Crippen LogP contribution in [0.4, 0.5) is 11.4 Å². The summed E-state index contributed by atoms with van der Waals surface area (Å²) in [5.74, 6) is -0.983. The molecule has 3 aliphatic rings. The van der Waals surface area contributed by atoms with Crippen LogP contribution in [-0.4, -0.2) is 48.8 Å². The van der Waals surface area contributed by atoms with Gasteiger partial charge in [-0.15, -0.1) is 0 Å². The van der Waals surface area contributed by atoms with Gasteiger partial charge in [0, 0.05) is 36.7 Å². The van der Waals surface area contributed by atoms with E-state index >= 15 is 0 Å². The molecule has 0 radical (unpaired) electrons. The number of halogens is 1. The Morgan fingerprint density at radius 2 is 1.81 bits per heavy atom. The molecule has 110 valence electrons. The first kappa shape index (κ1) is 13.3. The van der Waals surface area contributed by atoms with E-state index in [1.807, 2.05) is 6.07 Å². The summed E-state index contributed by atoms with van der Waals surface area (Å²) in [5.41, 5.74) is 2.15. The van der Waals surface area contributed by atoms with Gasteiger partial charge in [0.15, 0.2) is 0 Å². The third-order valence-corrected chi connectivity index (χ3v) is 5.14. The zero-order chi connectivity index (χ0) is 14.6. The van der Waals surface area contributed by atoms with Crippen molar-refractivity contribution in [2.45, 2.75) is 18.9 Å². The summed E-state index contributed by atoms with van der Waals surface area (Å²) in [6.45, 7) is 4.13. The molecule has 1 saturated heterocycles. The summed E-state index contributed by atoms with van der Waals surface area (Å²) in [5, 5.41) is 2.64. The minimum Gasteiger partial charge on any atom is -0.368 e. The molecule has 2 aliphatic heterocycles. The molecule has 2 fully saturated rings. The summed E-state index contributed by atoms with van der Waals surface area (Å²) in [6, 6.07) is 4.49. The van der Waals surface area contributed by atoms with Crippen LogP contribution in [0.3, 0.4) is 0 Å². The summed E-state index contributed by atoms with van der Waals surface area (Å²) in [4.78, 5) is 28.0. The van der Waals surface area contributed by atoms with Gasteiger partial charge < -0.3 is 10.2 Å². The monoisotopic (exact) mass is 349 g/mol. The molecule has 0 bridgehead atoms. The van der Waals surface area contributed by atoms with Crippen molar-refractivity contribution in [3.8, 4) is 0 Å². The first-order valence-corrected chi connectivity index (χ1v) is 8.11. The lowest BCUT2D eigenvalue weighted by molar-refractivity contribution is -0.112. The molecule has 21 heavy (non-hydrogen) atoms. The molecule has 1 aromatic carbocycles. The standard InChI is InChI=1S/C15H16BrN3O2/c16-11-7-10-12(17-15(21)14(10)20)8-13(11)19-5-3-18(4-6-19)9-1-2-9/h7-9H,1-6H2,(H,17,20,21). The van der Waals surface area contributed by atoms with Crippen LogP contribution in [0.25, 0.3) is 0 Å². The van der Waals surface area contributed by atoms with E-state index in [1.165, 1.54) is 12.8 Å². The number of hydrogen-bond acceptors (Lipinski definition) is 4. The maximum absolute atomic E-state index is 11.7. The van der Waals surface area contributed by atoms with Crippen LogP contribution in [0.5, 0.6) is 0 Å². The van der Waals surface area contributed by atoms with Crippen LogP contribution in [0, 0.1) is 0 Å². The summed E-state index contributed by atoms with van der Waals surface area (Å²) < 4.78 is 0.881. The third-order valence-electron chi connectivity index (χ3n) is 4.50. The topological polar surface area (TPSA) is 52.7 Å². The van der Waals surface area contributed by atoms with Crippen LogP contribution in [-0.2, 0) is 4.79 Å². The van der Waals surface area contributed by atoms with E-state index in [2.05, 4.69) is 31.0 Å². The van der Waals surface area contributed by atoms with Crippen molar-refractivity contribution in [2.24, 2.45) is 0 Å². The van der Waals surface area contributed by atoms with Crippen molar-refractivity contribution in [1.29, 1.82) is 0 Å². The number of ketones is 1. The highest BCUT2D eigenvalue weighted by Crippen LogP contribution is 2.36. The van der Waals surface area contributed by atoms with Gasteiger partial charge in [-0.25, -0.2) is 0 Å². The molecule has 1 aromatic rings. The summed E-state index contributed by atoms with van der Waals surface area (Å²) in [7, 11) is 0. The van der Waals surface area contributed by atoms with Gasteiger partial charge in [-0.3, -0.25) is 14.5 Å². The average molecular weight is 350 g/mol.